The monoisotopic (exact) mass is 323 g/mol. The fraction of sp³-hybridized carbons (Fsp3) is 0.429. The molecular weight excluding hydrogens is 302 g/mol. The molecule has 0 unspecified atom stereocenters. The maximum atomic E-state index is 12.3. The van der Waals surface area contributed by atoms with Crippen molar-refractivity contribution in [1.29, 1.82) is 0 Å². The maximum absolute atomic E-state index is 12.3. The van der Waals surface area contributed by atoms with E-state index in [0.29, 0.717) is 12.2 Å². The van der Waals surface area contributed by atoms with E-state index in [1.807, 2.05) is 32.9 Å². The Kier molecular flexibility index (Phi) is 6.78. The van der Waals surface area contributed by atoms with Crippen LogP contribution in [0.5, 0.6) is 0 Å². The third-order valence-electron chi connectivity index (χ3n) is 2.96. The minimum Gasteiger partial charge on any atom is -0.356 e. The van der Waals surface area contributed by atoms with Gasteiger partial charge < -0.3 is 5.32 Å². The summed E-state index contributed by atoms with van der Waals surface area (Å²) in [6, 6.07) is 4.66. The summed E-state index contributed by atoms with van der Waals surface area (Å²) in [6.07, 6.45) is 0.826. The van der Waals surface area contributed by atoms with E-state index in [-0.39, 0.29) is 5.96 Å². The molecule has 0 fully saturated rings. The highest BCUT2D eigenvalue weighted by molar-refractivity contribution is 6.15. The lowest BCUT2D eigenvalue weighted by molar-refractivity contribution is -0.771. The number of hydrogen-bond donors (Lipinski definition) is 2. The van der Waals surface area contributed by atoms with Crippen molar-refractivity contribution in [3.05, 3.63) is 39.4 Å². The smallest absolute Gasteiger partial charge is 0.352 e. The molecule has 23 heavy (non-hydrogen) atoms. The predicted molar refractivity (Wildman–Crippen MR) is 86.7 cm³/mol. The summed E-state index contributed by atoms with van der Waals surface area (Å²) in [5.41, 5.74) is 4.18. The highest BCUT2D eigenvalue weighted by Crippen LogP contribution is 2.21. The van der Waals surface area contributed by atoms with Crippen molar-refractivity contribution in [3.8, 4) is 0 Å². The molecule has 0 aliphatic heterocycles. The van der Waals surface area contributed by atoms with Crippen LogP contribution < -0.4 is 15.7 Å². The molecule has 0 saturated heterocycles. The van der Waals surface area contributed by atoms with Crippen molar-refractivity contribution in [1.82, 2.24) is 10.8 Å². The number of aliphatic imine (C=N–C) groups is 1. The molecule has 0 saturated carbocycles. The largest absolute Gasteiger partial charge is 0.356 e. The van der Waals surface area contributed by atoms with Gasteiger partial charge >= 0.3 is 11.1 Å². The van der Waals surface area contributed by atoms with Crippen LogP contribution in [0.15, 0.2) is 23.2 Å². The highest BCUT2D eigenvalue weighted by Gasteiger charge is 2.23. The second kappa shape index (κ2) is 8.57. The first kappa shape index (κ1) is 18.2. The van der Waals surface area contributed by atoms with Gasteiger partial charge in [0.05, 0.1) is 5.69 Å². The lowest BCUT2D eigenvalue weighted by Gasteiger charge is -2.25. The molecule has 9 heteroatoms. The second-order valence-electron chi connectivity index (χ2n) is 4.82. The summed E-state index contributed by atoms with van der Waals surface area (Å²) in [6.45, 7) is 6.33. The number of anilines is 1. The average molecular weight is 323 g/mol. The van der Waals surface area contributed by atoms with E-state index in [1.54, 1.807) is 11.5 Å². The molecule has 0 aliphatic carbocycles. The number of carbonyl (C=O) groups is 1. The Hall–Kier alpha value is -2.84. The van der Waals surface area contributed by atoms with Crippen LogP contribution in [0.1, 0.15) is 24.5 Å². The van der Waals surface area contributed by atoms with Gasteiger partial charge in [-0.2, -0.15) is 10.4 Å². The van der Waals surface area contributed by atoms with Gasteiger partial charge in [-0.3, -0.25) is 4.99 Å². The van der Waals surface area contributed by atoms with Crippen LogP contribution in [0.3, 0.4) is 0 Å². The summed E-state index contributed by atoms with van der Waals surface area (Å²) in [5.74, 6) is 0.267. The molecule has 1 aromatic carbocycles. The zero-order chi connectivity index (χ0) is 17.4. The Morgan fingerprint density at radius 1 is 1.43 bits per heavy atom. The molecule has 1 aromatic rings. The van der Waals surface area contributed by atoms with Gasteiger partial charge in [-0.05, 0) is 31.9 Å². The van der Waals surface area contributed by atoms with Gasteiger partial charge in [0, 0.05) is 13.6 Å². The van der Waals surface area contributed by atoms with Crippen LogP contribution in [0.25, 0.3) is 0 Å². The van der Waals surface area contributed by atoms with E-state index in [0.717, 1.165) is 17.5 Å². The first-order valence-electron chi connectivity index (χ1n) is 7.10. The number of guanidine groups is 1. The topological polar surface area (TPSA) is 109 Å². The number of nitrogens with zero attached hydrogens (tertiary/aromatic N) is 3. The van der Waals surface area contributed by atoms with E-state index in [2.05, 4.69) is 15.2 Å². The molecule has 2 N–H and O–H groups in total. The SMILES string of the molecule is CCCNC(=NC)N(C(=O)NO[N+](=O)[O-])c1ccc(C)cc1C. The molecule has 0 atom stereocenters. The number of benzene rings is 1. The van der Waals surface area contributed by atoms with E-state index in [1.165, 1.54) is 11.9 Å². The fourth-order valence-electron chi connectivity index (χ4n) is 1.99. The molecule has 9 nitrogen and oxygen atoms in total. The third-order valence-corrected chi connectivity index (χ3v) is 2.96. The Bertz CT molecular complexity index is 603. The fourth-order valence-corrected chi connectivity index (χ4v) is 1.99. The molecular formula is C14H21N5O4. The van der Waals surface area contributed by atoms with Gasteiger partial charge in [-0.1, -0.05) is 24.6 Å². The molecule has 0 spiro atoms. The van der Waals surface area contributed by atoms with Crippen LogP contribution in [0.4, 0.5) is 10.5 Å². The molecule has 0 radical (unpaired) electrons. The summed E-state index contributed by atoms with van der Waals surface area (Å²) in [7, 11) is 1.52. The zero-order valence-electron chi connectivity index (χ0n) is 13.6. The number of rotatable bonds is 5. The summed E-state index contributed by atoms with van der Waals surface area (Å²) >= 11 is 0. The Labute approximate surface area is 134 Å². The number of urea groups is 1. The molecule has 0 aromatic heterocycles. The minimum absolute atomic E-state index is 0.267. The van der Waals surface area contributed by atoms with Crippen LogP contribution in [-0.4, -0.2) is 30.7 Å². The summed E-state index contributed by atoms with van der Waals surface area (Å²) in [5, 5.41) is 12.2. The molecule has 2 amide bonds. The van der Waals surface area contributed by atoms with Crippen LogP contribution in [0.2, 0.25) is 0 Å². The van der Waals surface area contributed by atoms with Gasteiger partial charge in [0.1, 0.15) is 0 Å². The normalized spacial score (nSPS) is 10.9. The van der Waals surface area contributed by atoms with Crippen molar-refractivity contribution in [2.24, 2.45) is 4.99 Å². The lowest BCUT2D eigenvalue weighted by Crippen LogP contribution is -2.50. The van der Waals surface area contributed by atoms with Crippen molar-refractivity contribution in [2.45, 2.75) is 27.2 Å². The van der Waals surface area contributed by atoms with E-state index >= 15 is 0 Å². The highest BCUT2D eigenvalue weighted by atomic mass is 17.0. The van der Waals surface area contributed by atoms with Crippen molar-refractivity contribution in [3.63, 3.8) is 0 Å². The van der Waals surface area contributed by atoms with Crippen molar-refractivity contribution < 1.29 is 14.8 Å². The molecule has 0 bridgehead atoms. The number of nitrogens with one attached hydrogen (secondary N) is 2. The quantitative estimate of drug-likeness (QED) is 0.372. The Morgan fingerprint density at radius 3 is 2.65 bits per heavy atom. The molecule has 0 aliphatic rings. The van der Waals surface area contributed by atoms with Crippen LogP contribution in [-0.2, 0) is 4.94 Å². The van der Waals surface area contributed by atoms with E-state index in [9.17, 15) is 14.9 Å². The van der Waals surface area contributed by atoms with Gasteiger partial charge in [-0.25, -0.2) is 9.69 Å². The number of aryl methyl sites for hydroxylation is 2. The summed E-state index contributed by atoms with van der Waals surface area (Å²) < 4.78 is 0. The first-order valence-corrected chi connectivity index (χ1v) is 7.10. The van der Waals surface area contributed by atoms with Gasteiger partial charge in [-0.15, -0.1) is 10.1 Å². The number of carbonyl (C=O) groups excluding carboxylic acids is 1. The third kappa shape index (κ3) is 5.13. The minimum atomic E-state index is -1.10. The molecule has 1 rings (SSSR count). The first-order chi connectivity index (χ1) is 10.9. The van der Waals surface area contributed by atoms with Gasteiger partial charge in [0.2, 0.25) is 5.96 Å². The van der Waals surface area contributed by atoms with Crippen molar-refractivity contribution in [2.75, 3.05) is 18.5 Å². The lowest BCUT2D eigenvalue weighted by atomic mass is 10.1. The molecule has 126 valence electrons. The van der Waals surface area contributed by atoms with Gasteiger partial charge in [0.25, 0.3) is 0 Å². The number of hydrogen-bond acceptors (Lipinski definition) is 5. The summed E-state index contributed by atoms with van der Waals surface area (Å²) in [4.78, 5) is 31.8. The van der Waals surface area contributed by atoms with E-state index < -0.39 is 11.1 Å². The Morgan fingerprint density at radius 2 is 2.13 bits per heavy atom. The zero-order valence-corrected chi connectivity index (χ0v) is 13.6. The number of hydroxylamine groups is 1. The second-order valence-corrected chi connectivity index (χ2v) is 4.82. The number of amides is 2. The Balaban J connectivity index is 3.18. The maximum Gasteiger partial charge on any atom is 0.352 e. The van der Waals surface area contributed by atoms with Crippen molar-refractivity contribution >= 4 is 17.7 Å². The average Bonchev–Trinajstić information content (AvgIpc) is 2.50. The van der Waals surface area contributed by atoms with Crippen LogP contribution >= 0.6 is 0 Å². The predicted octanol–water partition coefficient (Wildman–Crippen LogP) is 1.93. The van der Waals surface area contributed by atoms with E-state index in [4.69, 9.17) is 0 Å². The van der Waals surface area contributed by atoms with Gasteiger partial charge in [0.15, 0.2) is 0 Å². The molecule has 0 heterocycles. The standard InChI is InChI=1S/C14H21N5O4/c1-5-8-16-13(15-4)18(14(20)17-23-19(21)22)12-7-6-10(2)9-11(12)3/h6-7,9H,5,8H2,1-4H3,(H,15,16)(H,17,20). The van der Waals surface area contributed by atoms with Crippen LogP contribution in [0, 0.1) is 24.0 Å².